The van der Waals surface area contributed by atoms with E-state index in [2.05, 4.69) is 55.6 Å². The van der Waals surface area contributed by atoms with E-state index in [0.717, 1.165) is 16.8 Å². The van der Waals surface area contributed by atoms with Crippen LogP contribution < -0.4 is 40.0 Å². The Bertz CT molecular complexity index is 1330. The van der Waals surface area contributed by atoms with E-state index in [1.165, 1.54) is 11.1 Å². The van der Waals surface area contributed by atoms with Crippen molar-refractivity contribution in [3.05, 3.63) is 114 Å². The van der Waals surface area contributed by atoms with E-state index in [1.54, 1.807) is 0 Å². The van der Waals surface area contributed by atoms with Gasteiger partial charge < -0.3 is 19.8 Å². The Morgan fingerprint density at radius 3 is 2.27 bits per heavy atom. The summed E-state index contributed by atoms with van der Waals surface area (Å²) in [7, 11) is 0. The van der Waals surface area contributed by atoms with Crippen LogP contribution in [0.2, 0.25) is 0 Å². The van der Waals surface area contributed by atoms with Gasteiger partial charge in [-0.05, 0) is 53.1 Å². The summed E-state index contributed by atoms with van der Waals surface area (Å²) in [5.41, 5.74) is 6.65. The van der Waals surface area contributed by atoms with Crippen molar-refractivity contribution in [2.45, 2.75) is 45.7 Å². The number of nitrogens with one attached hydrogen (secondary N) is 1. The molecule has 184 valence electrons. The summed E-state index contributed by atoms with van der Waals surface area (Å²) in [6, 6.07) is 26.3. The van der Waals surface area contributed by atoms with E-state index in [-0.39, 0.29) is 47.7 Å². The van der Waals surface area contributed by atoms with Gasteiger partial charge in [-0.25, -0.2) is 0 Å². The molecule has 0 bridgehead atoms. The molecule has 4 rings (SSSR count). The first-order valence-corrected chi connectivity index (χ1v) is 12.3. The van der Waals surface area contributed by atoms with Gasteiger partial charge in [0.15, 0.2) is 5.78 Å². The van der Waals surface area contributed by atoms with Crippen LogP contribution in [0.4, 0.5) is 5.69 Å². The average Bonchev–Trinajstić information content (AvgIpc) is 3.32. The van der Waals surface area contributed by atoms with Gasteiger partial charge in [0.25, 0.3) is 0 Å². The first-order valence-electron chi connectivity index (χ1n) is 12.3. The number of rotatable bonds is 11. The predicted octanol–water partition coefficient (Wildman–Crippen LogP) is 2.66. The van der Waals surface area contributed by atoms with Crippen LogP contribution in [0.15, 0.2) is 91.3 Å². The first-order chi connectivity index (χ1) is 17.4. The Hall–Kier alpha value is -3.12. The number of hydrogen-bond acceptors (Lipinski definition) is 4. The fourth-order valence-corrected chi connectivity index (χ4v) is 4.29. The summed E-state index contributed by atoms with van der Waals surface area (Å²) >= 11 is 0. The third-order valence-electron chi connectivity index (χ3n) is 6.26. The first kappa shape index (κ1) is 28.5. The molecule has 0 saturated heterocycles. The smallest absolute Gasteiger partial charge is 0.550 e. The molecule has 0 aliphatic carbocycles. The summed E-state index contributed by atoms with van der Waals surface area (Å²) in [5, 5.41) is 14.2. The summed E-state index contributed by atoms with van der Waals surface area (Å²) in [6.07, 6.45) is 4.25. The molecular formula is C31H31N2NaO3. The fraction of sp³-hybridized carbons (Fsp3) is 0.226. The van der Waals surface area contributed by atoms with Crippen molar-refractivity contribution in [2.75, 3.05) is 5.32 Å². The number of ketones is 1. The van der Waals surface area contributed by atoms with Crippen LogP contribution in [0.25, 0.3) is 11.1 Å². The molecule has 0 spiro atoms. The van der Waals surface area contributed by atoms with E-state index < -0.39 is 5.97 Å². The van der Waals surface area contributed by atoms with Crippen LogP contribution in [0.3, 0.4) is 0 Å². The topological polar surface area (TPSA) is 74.2 Å². The SMILES string of the molecule is CC(C)c1cn(CCCC(=O)[O-])cc1C(=O)c1cccc(NCc2ccc(-c3ccccc3)cc2)c1.[Na+]. The second-order valence-corrected chi connectivity index (χ2v) is 9.32. The van der Waals surface area contributed by atoms with Crippen molar-refractivity contribution in [1.82, 2.24) is 4.57 Å². The second-order valence-electron chi connectivity index (χ2n) is 9.32. The van der Waals surface area contributed by atoms with Crippen LogP contribution >= 0.6 is 0 Å². The molecule has 3 aromatic carbocycles. The van der Waals surface area contributed by atoms with Gasteiger partial charge in [-0.3, -0.25) is 4.79 Å². The molecule has 1 N–H and O–H groups in total. The Morgan fingerprint density at radius 2 is 1.59 bits per heavy atom. The third-order valence-corrected chi connectivity index (χ3v) is 6.26. The number of hydrogen-bond donors (Lipinski definition) is 1. The summed E-state index contributed by atoms with van der Waals surface area (Å²) < 4.78 is 1.91. The number of aliphatic carboxylic acids is 1. The standard InChI is InChI=1S/C31H32N2O3.Na/c1-22(2)28-20-33(17-7-12-30(34)35)21-29(28)31(36)26-10-6-11-27(18-26)32-19-23-13-15-25(16-14-23)24-8-4-3-5-9-24;/h3-6,8-11,13-16,18,20-22,32H,7,12,17,19H2,1-2H3,(H,34,35);/q;+1/p-1. The van der Waals surface area contributed by atoms with Crippen molar-refractivity contribution in [1.29, 1.82) is 0 Å². The monoisotopic (exact) mass is 502 g/mol. The maximum Gasteiger partial charge on any atom is 1.00 e. The minimum atomic E-state index is -1.06. The van der Waals surface area contributed by atoms with Crippen molar-refractivity contribution in [3.63, 3.8) is 0 Å². The molecule has 0 atom stereocenters. The quantitative estimate of drug-likeness (QED) is 0.253. The number of benzene rings is 3. The van der Waals surface area contributed by atoms with Crippen LogP contribution in [0.1, 0.15) is 59.7 Å². The van der Waals surface area contributed by atoms with E-state index in [0.29, 0.717) is 30.6 Å². The average molecular weight is 503 g/mol. The molecule has 0 aliphatic heterocycles. The van der Waals surface area contributed by atoms with Crippen molar-refractivity contribution >= 4 is 17.4 Å². The molecule has 6 heteroatoms. The normalized spacial score (nSPS) is 10.7. The van der Waals surface area contributed by atoms with Crippen molar-refractivity contribution in [3.8, 4) is 11.1 Å². The predicted molar refractivity (Wildman–Crippen MR) is 142 cm³/mol. The molecule has 37 heavy (non-hydrogen) atoms. The Labute approximate surface area is 240 Å². The molecule has 0 aliphatic rings. The van der Waals surface area contributed by atoms with E-state index >= 15 is 0 Å². The number of carboxylic acids is 1. The van der Waals surface area contributed by atoms with Crippen molar-refractivity contribution < 1.29 is 44.3 Å². The molecule has 0 amide bonds. The summed E-state index contributed by atoms with van der Waals surface area (Å²) in [6.45, 7) is 5.29. The minimum absolute atomic E-state index is 0. The molecule has 0 unspecified atom stereocenters. The number of aromatic nitrogens is 1. The third kappa shape index (κ3) is 7.68. The number of anilines is 1. The zero-order valence-corrected chi connectivity index (χ0v) is 23.7. The molecular weight excluding hydrogens is 471 g/mol. The molecule has 4 aromatic rings. The maximum absolute atomic E-state index is 13.4. The van der Waals surface area contributed by atoms with Crippen LogP contribution in [0, 0.1) is 0 Å². The number of carbonyl (C=O) groups is 2. The number of aryl methyl sites for hydroxylation is 1. The molecule has 5 nitrogen and oxygen atoms in total. The zero-order chi connectivity index (χ0) is 25.5. The van der Waals surface area contributed by atoms with Gasteiger partial charge in [-0.2, -0.15) is 0 Å². The summed E-state index contributed by atoms with van der Waals surface area (Å²) in [4.78, 5) is 24.2. The van der Waals surface area contributed by atoms with Gasteiger partial charge in [0.05, 0.1) is 0 Å². The van der Waals surface area contributed by atoms with Gasteiger partial charge in [-0.1, -0.05) is 80.6 Å². The van der Waals surface area contributed by atoms with Gasteiger partial charge in [0.2, 0.25) is 0 Å². The Morgan fingerprint density at radius 1 is 0.892 bits per heavy atom. The largest absolute Gasteiger partial charge is 1.00 e. The molecule has 1 aromatic heterocycles. The van der Waals surface area contributed by atoms with Crippen LogP contribution in [0.5, 0.6) is 0 Å². The van der Waals surface area contributed by atoms with Gasteiger partial charge in [-0.15, -0.1) is 0 Å². The minimum Gasteiger partial charge on any atom is -0.550 e. The van der Waals surface area contributed by atoms with Crippen molar-refractivity contribution in [2.24, 2.45) is 0 Å². The van der Waals surface area contributed by atoms with Gasteiger partial charge >= 0.3 is 29.6 Å². The second kappa shape index (κ2) is 13.4. The zero-order valence-electron chi connectivity index (χ0n) is 21.7. The van der Waals surface area contributed by atoms with Gasteiger partial charge in [0, 0.05) is 48.3 Å². The van der Waals surface area contributed by atoms with E-state index in [1.807, 2.05) is 59.4 Å². The molecule has 0 fully saturated rings. The van der Waals surface area contributed by atoms with Crippen LogP contribution in [-0.4, -0.2) is 16.3 Å². The molecule has 0 saturated carbocycles. The fourth-order valence-electron chi connectivity index (χ4n) is 4.29. The van der Waals surface area contributed by atoms with E-state index in [4.69, 9.17) is 0 Å². The number of carboxylic acid groups (broad SMARTS) is 1. The number of nitrogens with zero attached hydrogens (tertiary/aromatic N) is 1. The van der Waals surface area contributed by atoms with Gasteiger partial charge in [0.1, 0.15) is 0 Å². The number of carbonyl (C=O) groups excluding carboxylic acids is 2. The summed E-state index contributed by atoms with van der Waals surface area (Å²) in [5.74, 6) is -0.918. The van der Waals surface area contributed by atoms with Crippen LogP contribution in [-0.2, 0) is 17.9 Å². The Balaban J connectivity index is 0.00000380. The Kier molecular flexibility index (Phi) is 10.3. The maximum atomic E-state index is 13.4. The van der Waals surface area contributed by atoms with E-state index in [9.17, 15) is 14.7 Å². The molecule has 1 heterocycles. The molecule has 0 radical (unpaired) electrons.